The molecule has 3 amide bonds. The van der Waals surface area contributed by atoms with E-state index in [-0.39, 0.29) is 11.9 Å². The molecule has 0 bridgehead atoms. The number of benzene rings is 3. The normalized spacial score (nSPS) is 18.7. The lowest BCUT2D eigenvalue weighted by Gasteiger charge is -2.40. The van der Waals surface area contributed by atoms with Gasteiger partial charge in [-0.25, -0.2) is 4.79 Å². The number of imide groups is 1. The van der Waals surface area contributed by atoms with Gasteiger partial charge in [0.2, 0.25) is 5.95 Å². The molecule has 6 rings (SSSR count). The maximum Gasteiger partial charge on any atom is 0.327 e. The quantitative estimate of drug-likeness (QED) is 0.404. The van der Waals surface area contributed by atoms with Gasteiger partial charge in [-0.15, -0.1) is 10.2 Å². The van der Waals surface area contributed by atoms with Gasteiger partial charge in [0.25, 0.3) is 5.91 Å². The van der Waals surface area contributed by atoms with Gasteiger partial charge in [0.1, 0.15) is 18.5 Å². The summed E-state index contributed by atoms with van der Waals surface area (Å²) in [4.78, 5) is 31.0. The molecule has 186 valence electrons. The van der Waals surface area contributed by atoms with Gasteiger partial charge in [0.15, 0.2) is 11.9 Å². The summed E-state index contributed by atoms with van der Waals surface area (Å²) < 4.78 is 7.83. The number of carbonyl (C=O) groups is 2. The first-order chi connectivity index (χ1) is 18.0. The Morgan fingerprint density at radius 3 is 2.14 bits per heavy atom. The van der Waals surface area contributed by atoms with Crippen LogP contribution in [0, 0.1) is 0 Å². The molecule has 0 N–H and O–H groups in total. The van der Waals surface area contributed by atoms with Crippen molar-refractivity contribution in [1.82, 2.24) is 24.6 Å². The van der Waals surface area contributed by atoms with E-state index in [1.54, 1.807) is 11.9 Å². The summed E-state index contributed by atoms with van der Waals surface area (Å²) in [6, 6.07) is 26.5. The largest absolute Gasteiger partial charge is 0.489 e. The minimum atomic E-state index is -0.606. The van der Waals surface area contributed by atoms with E-state index in [9.17, 15) is 9.59 Å². The number of fused-ring (bicyclic) bond motifs is 3. The third-order valence-electron chi connectivity index (χ3n) is 6.94. The number of hydrogen-bond acceptors (Lipinski definition) is 6. The fourth-order valence-electron chi connectivity index (χ4n) is 5.02. The lowest BCUT2D eigenvalue weighted by molar-refractivity contribution is -0.133. The van der Waals surface area contributed by atoms with Gasteiger partial charge in [0.05, 0.1) is 0 Å². The molecule has 9 heteroatoms. The Labute approximate surface area is 214 Å². The summed E-state index contributed by atoms with van der Waals surface area (Å²) >= 11 is 0. The molecule has 2 aliphatic rings. The van der Waals surface area contributed by atoms with Crippen molar-refractivity contribution < 1.29 is 14.3 Å². The first kappa shape index (κ1) is 22.8. The molecule has 0 aliphatic carbocycles. The minimum absolute atomic E-state index is 0.259. The fourth-order valence-corrected chi connectivity index (χ4v) is 5.02. The molecule has 2 unspecified atom stereocenters. The fraction of sp³-hybridized carbons (Fsp3) is 0.214. The van der Waals surface area contributed by atoms with Crippen LogP contribution in [0.4, 0.5) is 10.7 Å². The molecule has 2 atom stereocenters. The van der Waals surface area contributed by atoms with Crippen LogP contribution >= 0.6 is 0 Å². The van der Waals surface area contributed by atoms with E-state index in [2.05, 4.69) is 10.2 Å². The molecule has 3 aromatic carbocycles. The Balaban J connectivity index is 1.34. The Hall–Kier alpha value is -4.66. The number of rotatable bonds is 6. The van der Waals surface area contributed by atoms with Gasteiger partial charge < -0.3 is 14.5 Å². The topological polar surface area (TPSA) is 83.8 Å². The highest BCUT2D eigenvalue weighted by Gasteiger charge is 2.54. The summed E-state index contributed by atoms with van der Waals surface area (Å²) in [5.74, 6) is 1.62. The molecule has 3 heterocycles. The Bertz CT molecular complexity index is 1440. The van der Waals surface area contributed by atoms with E-state index < -0.39 is 12.2 Å². The van der Waals surface area contributed by atoms with Gasteiger partial charge in [-0.3, -0.25) is 14.3 Å². The zero-order chi connectivity index (χ0) is 25.5. The lowest BCUT2D eigenvalue weighted by atomic mass is 10.1. The summed E-state index contributed by atoms with van der Waals surface area (Å²) in [6.45, 7) is 0.940. The molecule has 1 saturated heterocycles. The van der Waals surface area contributed by atoms with Crippen LogP contribution in [0.3, 0.4) is 0 Å². The Morgan fingerprint density at radius 2 is 1.46 bits per heavy atom. The molecule has 1 aromatic heterocycles. The molecule has 1 fully saturated rings. The molecule has 9 nitrogen and oxygen atoms in total. The van der Waals surface area contributed by atoms with Crippen LogP contribution in [0.1, 0.15) is 17.3 Å². The average molecular weight is 495 g/mol. The van der Waals surface area contributed by atoms with E-state index in [1.807, 2.05) is 94.4 Å². The average Bonchev–Trinajstić information content (AvgIpc) is 3.50. The number of urea groups is 1. The van der Waals surface area contributed by atoms with Gasteiger partial charge in [-0.1, -0.05) is 60.7 Å². The molecule has 37 heavy (non-hydrogen) atoms. The van der Waals surface area contributed by atoms with Crippen LogP contribution < -0.4 is 9.64 Å². The van der Waals surface area contributed by atoms with E-state index >= 15 is 0 Å². The van der Waals surface area contributed by atoms with Crippen molar-refractivity contribution in [2.75, 3.05) is 19.0 Å². The first-order valence-electron chi connectivity index (χ1n) is 12.1. The molecule has 0 spiro atoms. The highest BCUT2D eigenvalue weighted by atomic mass is 16.5. The number of aromatic nitrogens is 3. The highest BCUT2D eigenvalue weighted by Crippen LogP contribution is 2.43. The first-order valence-corrected chi connectivity index (χ1v) is 12.1. The van der Waals surface area contributed by atoms with Crippen LogP contribution in [-0.2, 0) is 17.9 Å². The SMILES string of the molecule is CN1C(=O)C2C(N(C)C1=O)n1c(-c3ccc(OCc4ccccc4)cc3)nnc1N2Cc1ccccc1. The van der Waals surface area contributed by atoms with Crippen LogP contribution in [-0.4, -0.2) is 56.6 Å². The molecule has 4 aromatic rings. The summed E-state index contributed by atoms with van der Waals surface area (Å²) in [5, 5.41) is 8.98. The van der Waals surface area contributed by atoms with Gasteiger partial charge >= 0.3 is 6.03 Å². The summed E-state index contributed by atoms with van der Waals surface area (Å²) in [6.07, 6.45) is -0.561. The molecular formula is C28H26N6O3. The predicted octanol–water partition coefficient (Wildman–Crippen LogP) is 3.94. The standard InChI is InChI=1S/C28H26N6O3/c1-31-25-23(26(35)32(2)28(31)36)33(17-19-9-5-3-6-10-19)27-30-29-24(34(25)27)21-13-15-22(16-14-21)37-18-20-11-7-4-8-12-20/h3-16,23,25H,17-18H2,1-2H3. The zero-order valence-corrected chi connectivity index (χ0v) is 20.6. The molecule has 0 saturated carbocycles. The third kappa shape index (κ3) is 3.88. The molecular weight excluding hydrogens is 468 g/mol. The van der Waals surface area contributed by atoms with Crippen molar-refractivity contribution in [1.29, 1.82) is 0 Å². The van der Waals surface area contributed by atoms with Gasteiger partial charge in [-0.05, 0) is 35.4 Å². The number of anilines is 1. The second-order valence-corrected chi connectivity index (χ2v) is 9.25. The summed E-state index contributed by atoms with van der Waals surface area (Å²) in [5.41, 5.74) is 2.94. The van der Waals surface area contributed by atoms with Crippen LogP contribution in [0.25, 0.3) is 11.4 Å². The van der Waals surface area contributed by atoms with Crippen molar-refractivity contribution in [3.63, 3.8) is 0 Å². The van der Waals surface area contributed by atoms with Crippen molar-refractivity contribution in [2.24, 2.45) is 0 Å². The van der Waals surface area contributed by atoms with Crippen molar-refractivity contribution in [3.8, 4) is 17.1 Å². The second kappa shape index (κ2) is 9.09. The smallest absolute Gasteiger partial charge is 0.327 e. The van der Waals surface area contributed by atoms with Crippen molar-refractivity contribution in [3.05, 3.63) is 96.1 Å². The lowest BCUT2D eigenvalue weighted by Crippen LogP contribution is -2.61. The van der Waals surface area contributed by atoms with E-state index in [0.717, 1.165) is 22.4 Å². The number of carbonyl (C=O) groups excluding carboxylic acids is 2. The number of hydrogen-bond donors (Lipinski definition) is 0. The van der Waals surface area contributed by atoms with Gasteiger partial charge in [0, 0.05) is 26.2 Å². The maximum atomic E-state index is 13.4. The number of amides is 3. The van der Waals surface area contributed by atoms with Crippen LogP contribution in [0.15, 0.2) is 84.9 Å². The number of nitrogens with zero attached hydrogens (tertiary/aromatic N) is 6. The van der Waals surface area contributed by atoms with Crippen LogP contribution in [0.5, 0.6) is 5.75 Å². The van der Waals surface area contributed by atoms with E-state index in [0.29, 0.717) is 24.9 Å². The zero-order valence-electron chi connectivity index (χ0n) is 20.6. The number of ether oxygens (including phenoxy) is 1. The third-order valence-corrected chi connectivity index (χ3v) is 6.94. The van der Waals surface area contributed by atoms with E-state index in [4.69, 9.17) is 4.74 Å². The summed E-state index contributed by atoms with van der Waals surface area (Å²) in [7, 11) is 3.23. The molecule has 2 aliphatic heterocycles. The highest BCUT2D eigenvalue weighted by molar-refractivity contribution is 6.02. The minimum Gasteiger partial charge on any atom is -0.489 e. The monoisotopic (exact) mass is 494 g/mol. The Kier molecular flexibility index (Phi) is 5.60. The van der Waals surface area contributed by atoms with Crippen molar-refractivity contribution >= 4 is 17.9 Å². The number of likely N-dealkylation sites (N-methyl/N-ethyl adjacent to an activating group) is 2. The second-order valence-electron chi connectivity index (χ2n) is 9.25. The maximum absolute atomic E-state index is 13.4. The predicted molar refractivity (Wildman–Crippen MR) is 138 cm³/mol. The van der Waals surface area contributed by atoms with Crippen LogP contribution in [0.2, 0.25) is 0 Å². The Morgan fingerprint density at radius 1 is 0.811 bits per heavy atom. The van der Waals surface area contributed by atoms with Crippen molar-refractivity contribution in [2.45, 2.75) is 25.4 Å². The van der Waals surface area contributed by atoms with E-state index in [1.165, 1.54) is 11.9 Å². The van der Waals surface area contributed by atoms with Gasteiger partial charge in [-0.2, -0.15) is 0 Å². The molecule has 0 radical (unpaired) electrons.